The highest BCUT2D eigenvalue weighted by molar-refractivity contribution is 5.80. The molecule has 0 saturated carbocycles. The van der Waals surface area contributed by atoms with Crippen LogP contribution >= 0.6 is 0 Å². The Bertz CT molecular complexity index is 764. The van der Waals surface area contributed by atoms with E-state index in [1.165, 1.54) is 12.1 Å². The van der Waals surface area contributed by atoms with Crippen LogP contribution in [0.15, 0.2) is 29.4 Å². The van der Waals surface area contributed by atoms with Gasteiger partial charge in [0.1, 0.15) is 5.69 Å². The average molecular weight is 331 g/mol. The van der Waals surface area contributed by atoms with Gasteiger partial charge in [0.2, 0.25) is 5.82 Å². The van der Waals surface area contributed by atoms with Gasteiger partial charge in [0.15, 0.2) is 23.3 Å². The minimum atomic E-state index is -2.27. The van der Waals surface area contributed by atoms with Crippen molar-refractivity contribution in [1.82, 2.24) is 0 Å². The van der Waals surface area contributed by atoms with Gasteiger partial charge >= 0.3 is 0 Å². The van der Waals surface area contributed by atoms with E-state index < -0.39 is 39.7 Å². The van der Waals surface area contributed by atoms with Crippen LogP contribution in [0, 0.1) is 39.2 Å². The summed E-state index contributed by atoms with van der Waals surface area (Å²) in [4.78, 5) is 9.82. The standard InChI is InChI=1S/C13H6F5N3O2/c14-8-9(15)11(17)13(12(18)10(8)16)20-19-5-6-1-3-7(4-2-6)21(22)23/h1-5,20H. The van der Waals surface area contributed by atoms with Crippen LogP contribution in [0.5, 0.6) is 0 Å². The normalized spacial score (nSPS) is 11.0. The average Bonchev–Trinajstić information content (AvgIpc) is 2.54. The van der Waals surface area contributed by atoms with Gasteiger partial charge in [-0.15, -0.1) is 0 Å². The number of nitro benzene ring substituents is 1. The predicted octanol–water partition coefficient (Wildman–Crippen LogP) is 3.74. The van der Waals surface area contributed by atoms with E-state index in [9.17, 15) is 32.1 Å². The van der Waals surface area contributed by atoms with Crippen molar-refractivity contribution in [3.63, 3.8) is 0 Å². The van der Waals surface area contributed by atoms with Crippen molar-refractivity contribution in [2.75, 3.05) is 5.43 Å². The Morgan fingerprint density at radius 2 is 1.39 bits per heavy atom. The van der Waals surface area contributed by atoms with E-state index in [0.717, 1.165) is 18.3 Å². The van der Waals surface area contributed by atoms with E-state index in [1.807, 2.05) is 0 Å². The zero-order valence-electron chi connectivity index (χ0n) is 11.0. The van der Waals surface area contributed by atoms with Gasteiger partial charge in [-0.25, -0.2) is 22.0 Å². The molecule has 1 N–H and O–H groups in total. The van der Waals surface area contributed by atoms with Crippen molar-refractivity contribution < 1.29 is 26.9 Å². The molecule has 2 aromatic carbocycles. The van der Waals surface area contributed by atoms with Crippen molar-refractivity contribution in [3.8, 4) is 0 Å². The zero-order valence-corrected chi connectivity index (χ0v) is 11.0. The first-order valence-electron chi connectivity index (χ1n) is 5.88. The number of hydrogen-bond donors (Lipinski definition) is 1. The molecule has 0 unspecified atom stereocenters. The minimum absolute atomic E-state index is 0.185. The Hall–Kier alpha value is -3.04. The van der Waals surface area contributed by atoms with Crippen LogP contribution in [-0.2, 0) is 0 Å². The summed E-state index contributed by atoms with van der Waals surface area (Å²) in [6.45, 7) is 0. The molecule has 0 aliphatic heterocycles. The second kappa shape index (κ2) is 6.38. The predicted molar refractivity (Wildman–Crippen MR) is 70.5 cm³/mol. The van der Waals surface area contributed by atoms with Gasteiger partial charge in [-0.05, 0) is 17.7 Å². The molecule has 23 heavy (non-hydrogen) atoms. The summed E-state index contributed by atoms with van der Waals surface area (Å²) in [5.74, 6) is -10.6. The SMILES string of the molecule is O=[N+]([O-])c1ccc(C=NNc2c(F)c(F)c(F)c(F)c2F)cc1. The number of non-ortho nitro benzene ring substituents is 1. The fourth-order valence-electron chi connectivity index (χ4n) is 1.56. The first-order valence-corrected chi connectivity index (χ1v) is 5.88. The quantitative estimate of drug-likeness (QED) is 0.232. The van der Waals surface area contributed by atoms with Gasteiger partial charge in [0.25, 0.3) is 5.69 Å². The second-order valence-corrected chi connectivity index (χ2v) is 4.16. The Kier molecular flexibility index (Phi) is 4.53. The van der Waals surface area contributed by atoms with E-state index in [4.69, 9.17) is 0 Å². The fraction of sp³-hybridized carbons (Fsp3) is 0. The highest BCUT2D eigenvalue weighted by Gasteiger charge is 2.25. The lowest BCUT2D eigenvalue weighted by molar-refractivity contribution is -0.384. The fourth-order valence-corrected chi connectivity index (χ4v) is 1.56. The van der Waals surface area contributed by atoms with Crippen molar-refractivity contribution in [2.24, 2.45) is 5.10 Å². The summed E-state index contributed by atoms with van der Waals surface area (Å²) in [5.41, 5.74) is 0.522. The molecule has 10 heteroatoms. The van der Waals surface area contributed by atoms with Crippen LogP contribution in [0.3, 0.4) is 0 Å². The van der Waals surface area contributed by atoms with Crippen molar-refractivity contribution in [3.05, 3.63) is 69.0 Å². The minimum Gasteiger partial charge on any atom is -0.272 e. The Morgan fingerprint density at radius 1 is 0.913 bits per heavy atom. The third-order valence-corrected chi connectivity index (χ3v) is 2.70. The smallest absolute Gasteiger partial charge is 0.269 e. The van der Waals surface area contributed by atoms with E-state index in [2.05, 4.69) is 5.10 Å². The number of rotatable bonds is 4. The van der Waals surface area contributed by atoms with Gasteiger partial charge in [-0.3, -0.25) is 15.5 Å². The third kappa shape index (κ3) is 3.25. The number of nitrogens with zero attached hydrogens (tertiary/aromatic N) is 2. The number of anilines is 1. The summed E-state index contributed by atoms with van der Waals surface area (Å²) in [5, 5.41) is 13.8. The van der Waals surface area contributed by atoms with E-state index in [1.54, 1.807) is 5.43 Å². The van der Waals surface area contributed by atoms with Crippen molar-refractivity contribution >= 4 is 17.6 Å². The number of hydrazone groups is 1. The van der Waals surface area contributed by atoms with Crippen LogP contribution in [0.2, 0.25) is 0 Å². The number of halogens is 5. The van der Waals surface area contributed by atoms with Crippen molar-refractivity contribution in [1.29, 1.82) is 0 Å². The molecule has 0 heterocycles. The molecule has 0 aliphatic carbocycles. The van der Waals surface area contributed by atoms with E-state index in [0.29, 0.717) is 5.56 Å². The molecule has 0 amide bonds. The van der Waals surface area contributed by atoms with Gasteiger partial charge in [-0.2, -0.15) is 5.10 Å². The molecule has 0 atom stereocenters. The maximum absolute atomic E-state index is 13.3. The summed E-state index contributed by atoms with van der Waals surface area (Å²) >= 11 is 0. The topological polar surface area (TPSA) is 67.5 Å². The molecule has 0 bridgehead atoms. The van der Waals surface area contributed by atoms with E-state index in [-0.39, 0.29) is 5.69 Å². The van der Waals surface area contributed by atoms with E-state index >= 15 is 0 Å². The molecule has 120 valence electrons. The first-order chi connectivity index (χ1) is 10.8. The molecule has 0 saturated heterocycles. The Balaban J connectivity index is 2.22. The lowest BCUT2D eigenvalue weighted by Gasteiger charge is -2.06. The van der Waals surface area contributed by atoms with Crippen LogP contribution in [-0.4, -0.2) is 11.1 Å². The first kappa shape index (κ1) is 16.3. The lowest BCUT2D eigenvalue weighted by Crippen LogP contribution is -2.06. The number of nitrogens with one attached hydrogen (secondary N) is 1. The highest BCUT2D eigenvalue weighted by atomic mass is 19.2. The molecule has 5 nitrogen and oxygen atoms in total. The maximum atomic E-state index is 13.3. The van der Waals surface area contributed by atoms with Crippen molar-refractivity contribution in [2.45, 2.75) is 0 Å². The Labute approximate surface area is 125 Å². The maximum Gasteiger partial charge on any atom is 0.269 e. The molecule has 2 aromatic rings. The molecule has 2 rings (SSSR count). The number of nitro groups is 1. The molecule has 0 aliphatic rings. The number of hydrogen-bond acceptors (Lipinski definition) is 4. The van der Waals surface area contributed by atoms with Crippen LogP contribution in [0.1, 0.15) is 5.56 Å². The zero-order chi connectivity index (χ0) is 17.1. The van der Waals surface area contributed by atoms with Gasteiger partial charge in [-0.1, -0.05) is 0 Å². The monoisotopic (exact) mass is 331 g/mol. The Morgan fingerprint density at radius 3 is 1.87 bits per heavy atom. The van der Waals surface area contributed by atoms with Gasteiger partial charge in [0.05, 0.1) is 11.1 Å². The highest BCUT2D eigenvalue weighted by Crippen LogP contribution is 2.27. The molecular formula is C13H6F5N3O2. The van der Waals surface area contributed by atoms with Crippen LogP contribution < -0.4 is 5.43 Å². The molecule has 0 radical (unpaired) electrons. The second-order valence-electron chi connectivity index (χ2n) is 4.16. The van der Waals surface area contributed by atoms with Gasteiger partial charge in [0, 0.05) is 12.1 Å². The van der Waals surface area contributed by atoms with Crippen LogP contribution in [0.25, 0.3) is 0 Å². The third-order valence-electron chi connectivity index (χ3n) is 2.70. The van der Waals surface area contributed by atoms with Gasteiger partial charge < -0.3 is 0 Å². The summed E-state index contributed by atoms with van der Waals surface area (Å²) < 4.78 is 65.4. The molecule has 0 spiro atoms. The molecular weight excluding hydrogens is 325 g/mol. The number of benzene rings is 2. The summed E-state index contributed by atoms with van der Waals surface area (Å²) in [6, 6.07) is 4.86. The largest absolute Gasteiger partial charge is 0.272 e. The molecule has 0 aromatic heterocycles. The summed E-state index contributed by atoms with van der Waals surface area (Å²) in [7, 11) is 0. The molecule has 0 fully saturated rings. The lowest BCUT2D eigenvalue weighted by atomic mass is 10.2. The van der Waals surface area contributed by atoms with Crippen LogP contribution in [0.4, 0.5) is 33.3 Å². The summed E-state index contributed by atoms with van der Waals surface area (Å²) in [6.07, 6.45) is 0.988.